The zero-order valence-electron chi connectivity index (χ0n) is 9.76. The molecule has 0 spiro atoms. The number of nitrogens with zero attached hydrogens (tertiary/aromatic N) is 1. The van der Waals surface area contributed by atoms with Crippen molar-refractivity contribution in [2.75, 3.05) is 5.73 Å². The molecule has 0 aliphatic rings. The van der Waals surface area contributed by atoms with E-state index >= 15 is 0 Å². The van der Waals surface area contributed by atoms with Crippen molar-refractivity contribution in [2.24, 2.45) is 0 Å². The smallest absolute Gasteiger partial charge is 0.0995 e. The summed E-state index contributed by atoms with van der Waals surface area (Å²) in [4.78, 5) is 0. The fourth-order valence-corrected chi connectivity index (χ4v) is 0.775. The topological polar surface area (TPSA) is 49.8 Å². The Labute approximate surface area is 87.4 Å². The Kier molecular flexibility index (Phi) is 10.3. The van der Waals surface area contributed by atoms with Gasteiger partial charge in [-0.05, 0) is 24.6 Å². The molecule has 0 bridgehead atoms. The van der Waals surface area contributed by atoms with Crippen LogP contribution in [0.5, 0.6) is 0 Å². The second-order valence-electron chi connectivity index (χ2n) is 2.13. The summed E-state index contributed by atoms with van der Waals surface area (Å²) >= 11 is 0. The molecule has 78 valence electrons. The zero-order valence-corrected chi connectivity index (χ0v) is 9.76. The first-order valence-corrected chi connectivity index (χ1v) is 5.01. The molecule has 2 N–H and O–H groups in total. The minimum atomic E-state index is 0.653. The molecule has 0 fully saturated rings. The van der Waals surface area contributed by atoms with Crippen molar-refractivity contribution in [2.45, 2.75) is 34.6 Å². The Bertz CT molecular complexity index is 285. The summed E-state index contributed by atoms with van der Waals surface area (Å²) < 4.78 is 0. The van der Waals surface area contributed by atoms with Crippen LogP contribution in [0.25, 0.3) is 0 Å². The highest BCUT2D eigenvalue weighted by molar-refractivity contribution is 5.53. The van der Waals surface area contributed by atoms with Crippen LogP contribution < -0.4 is 5.73 Å². The molecule has 1 aromatic rings. The fraction of sp³-hybridized carbons (Fsp3) is 0.417. The molecule has 0 aliphatic heterocycles. The summed E-state index contributed by atoms with van der Waals surface area (Å²) in [5.41, 5.74) is 7.74. The van der Waals surface area contributed by atoms with E-state index in [4.69, 9.17) is 11.0 Å². The maximum Gasteiger partial charge on any atom is 0.0995 e. The van der Waals surface area contributed by atoms with Crippen LogP contribution >= 0.6 is 0 Å². The Morgan fingerprint density at radius 1 is 1.14 bits per heavy atom. The monoisotopic (exact) mass is 192 g/mol. The third-order valence-electron chi connectivity index (χ3n) is 1.50. The van der Waals surface area contributed by atoms with Gasteiger partial charge >= 0.3 is 0 Å². The molecule has 0 heterocycles. The van der Waals surface area contributed by atoms with Gasteiger partial charge in [-0.25, -0.2) is 0 Å². The highest BCUT2D eigenvalue weighted by atomic mass is 14.6. The van der Waals surface area contributed by atoms with Gasteiger partial charge in [-0.1, -0.05) is 33.8 Å². The van der Waals surface area contributed by atoms with Crippen LogP contribution in [0.2, 0.25) is 0 Å². The predicted octanol–water partition coefficient (Wildman–Crippen LogP) is 3.50. The number of nitrogens with two attached hydrogens (primary N) is 1. The Hall–Kier alpha value is -1.49. The minimum absolute atomic E-state index is 0.653. The number of anilines is 1. The molecule has 2 heteroatoms. The number of benzene rings is 1. The van der Waals surface area contributed by atoms with Gasteiger partial charge in [0.2, 0.25) is 0 Å². The van der Waals surface area contributed by atoms with Gasteiger partial charge in [0.15, 0.2) is 0 Å². The van der Waals surface area contributed by atoms with Crippen molar-refractivity contribution in [3.05, 3.63) is 29.3 Å². The molecule has 0 aromatic heterocycles. The summed E-state index contributed by atoms with van der Waals surface area (Å²) in [6, 6.07) is 7.38. The molecule has 0 amide bonds. The van der Waals surface area contributed by atoms with E-state index in [0.29, 0.717) is 11.3 Å². The summed E-state index contributed by atoms with van der Waals surface area (Å²) in [6.45, 7) is 9.84. The SMILES string of the molecule is CC.CC.Cc1c(N)cccc1C#N. The quantitative estimate of drug-likeness (QED) is 0.639. The van der Waals surface area contributed by atoms with E-state index < -0.39 is 0 Å². The van der Waals surface area contributed by atoms with Crippen LogP contribution in [0, 0.1) is 18.3 Å². The van der Waals surface area contributed by atoms with Crippen LogP contribution in [0.3, 0.4) is 0 Å². The number of nitrogen functional groups attached to an aromatic ring is 1. The molecule has 2 nitrogen and oxygen atoms in total. The normalized spacial score (nSPS) is 7.14. The van der Waals surface area contributed by atoms with Crippen LogP contribution in [0.1, 0.15) is 38.8 Å². The summed E-state index contributed by atoms with van der Waals surface area (Å²) in [5.74, 6) is 0. The van der Waals surface area contributed by atoms with Crippen LogP contribution in [-0.4, -0.2) is 0 Å². The predicted molar refractivity (Wildman–Crippen MR) is 63.0 cm³/mol. The largest absolute Gasteiger partial charge is 0.398 e. The van der Waals surface area contributed by atoms with Gasteiger partial charge in [0.05, 0.1) is 11.6 Å². The standard InChI is InChI=1S/C8H8N2.2C2H6/c1-6-7(5-9)3-2-4-8(6)10;2*1-2/h2-4H,10H2,1H3;2*1-2H3. The lowest BCUT2D eigenvalue weighted by molar-refractivity contribution is 1.40. The van der Waals surface area contributed by atoms with Gasteiger partial charge in [0.25, 0.3) is 0 Å². The lowest BCUT2D eigenvalue weighted by Gasteiger charge is -1.98. The number of nitriles is 1. The van der Waals surface area contributed by atoms with Gasteiger partial charge < -0.3 is 5.73 Å². The molecule has 0 radical (unpaired) electrons. The third-order valence-corrected chi connectivity index (χ3v) is 1.50. The molecule has 0 aliphatic carbocycles. The lowest BCUT2D eigenvalue weighted by atomic mass is 10.1. The van der Waals surface area contributed by atoms with Crippen LogP contribution in [0.15, 0.2) is 18.2 Å². The Balaban J connectivity index is 0. The summed E-state index contributed by atoms with van der Waals surface area (Å²) in [7, 11) is 0. The molecule has 1 rings (SSSR count). The third kappa shape index (κ3) is 4.51. The van der Waals surface area contributed by atoms with E-state index in [9.17, 15) is 0 Å². The van der Waals surface area contributed by atoms with E-state index in [1.807, 2.05) is 34.6 Å². The van der Waals surface area contributed by atoms with E-state index in [1.54, 1.807) is 18.2 Å². The van der Waals surface area contributed by atoms with Crippen molar-refractivity contribution in [3.63, 3.8) is 0 Å². The maximum absolute atomic E-state index is 8.54. The second kappa shape index (κ2) is 9.60. The molecule has 14 heavy (non-hydrogen) atoms. The average molecular weight is 192 g/mol. The molecule has 0 unspecified atom stereocenters. The van der Waals surface area contributed by atoms with Crippen molar-refractivity contribution < 1.29 is 0 Å². The van der Waals surface area contributed by atoms with Gasteiger partial charge in [-0.2, -0.15) is 5.26 Å². The first kappa shape index (κ1) is 15.0. The van der Waals surface area contributed by atoms with E-state index in [2.05, 4.69) is 6.07 Å². The molecule has 1 aromatic carbocycles. The van der Waals surface area contributed by atoms with Crippen molar-refractivity contribution >= 4 is 5.69 Å². The first-order chi connectivity index (χ1) is 6.75. The van der Waals surface area contributed by atoms with Crippen molar-refractivity contribution in [1.82, 2.24) is 0 Å². The number of hydrogen-bond acceptors (Lipinski definition) is 2. The van der Waals surface area contributed by atoms with Gasteiger partial charge in [0, 0.05) is 5.69 Å². The van der Waals surface area contributed by atoms with E-state index in [1.165, 1.54) is 0 Å². The van der Waals surface area contributed by atoms with Gasteiger partial charge in [-0.3, -0.25) is 0 Å². The first-order valence-electron chi connectivity index (χ1n) is 5.01. The molecular weight excluding hydrogens is 172 g/mol. The highest BCUT2D eigenvalue weighted by Gasteiger charge is 1.97. The van der Waals surface area contributed by atoms with Crippen molar-refractivity contribution in [1.29, 1.82) is 5.26 Å². The van der Waals surface area contributed by atoms with E-state index in [0.717, 1.165) is 5.56 Å². The van der Waals surface area contributed by atoms with Crippen molar-refractivity contribution in [3.8, 4) is 6.07 Å². The Morgan fingerprint density at radius 2 is 1.64 bits per heavy atom. The molecular formula is C12H20N2. The van der Waals surface area contributed by atoms with E-state index in [-0.39, 0.29) is 0 Å². The average Bonchev–Trinajstić information content (AvgIpc) is 2.28. The zero-order chi connectivity index (χ0) is 11.6. The summed E-state index contributed by atoms with van der Waals surface area (Å²) in [5, 5.41) is 8.54. The number of hydrogen-bond donors (Lipinski definition) is 1. The second-order valence-corrected chi connectivity index (χ2v) is 2.13. The van der Waals surface area contributed by atoms with Crippen LogP contribution in [-0.2, 0) is 0 Å². The number of rotatable bonds is 0. The van der Waals surface area contributed by atoms with Gasteiger partial charge in [-0.15, -0.1) is 0 Å². The summed E-state index contributed by atoms with van der Waals surface area (Å²) in [6.07, 6.45) is 0. The van der Waals surface area contributed by atoms with Gasteiger partial charge in [0.1, 0.15) is 0 Å². The lowest BCUT2D eigenvalue weighted by Crippen LogP contribution is -1.91. The molecule has 0 atom stereocenters. The fourth-order valence-electron chi connectivity index (χ4n) is 0.775. The minimum Gasteiger partial charge on any atom is -0.398 e. The molecule has 0 saturated heterocycles. The maximum atomic E-state index is 8.54. The molecule has 0 saturated carbocycles. The highest BCUT2D eigenvalue weighted by Crippen LogP contribution is 2.13. The van der Waals surface area contributed by atoms with Crippen LogP contribution in [0.4, 0.5) is 5.69 Å². The Morgan fingerprint density at radius 3 is 2.00 bits per heavy atom.